The molecule has 2 heterocycles. The molecule has 1 fully saturated rings. The topological polar surface area (TPSA) is 67.4 Å². The third kappa shape index (κ3) is 2.76. The third-order valence-electron chi connectivity index (χ3n) is 3.25. The maximum atomic E-state index is 11.5. The van der Waals surface area contributed by atoms with Gasteiger partial charge in [0.05, 0.1) is 6.10 Å². The monoisotopic (exact) mass is 250 g/mol. The number of rotatable bonds is 4. The Hall–Kier alpha value is -1.69. The zero-order valence-electron chi connectivity index (χ0n) is 10.7. The Morgan fingerprint density at radius 1 is 1.50 bits per heavy atom. The molecule has 0 saturated carbocycles. The van der Waals surface area contributed by atoms with E-state index in [1.807, 2.05) is 0 Å². The molecule has 0 aliphatic carbocycles. The van der Waals surface area contributed by atoms with Gasteiger partial charge in [-0.25, -0.2) is 9.97 Å². The van der Waals surface area contributed by atoms with Crippen LogP contribution >= 0.6 is 0 Å². The first-order valence-electron chi connectivity index (χ1n) is 6.00. The van der Waals surface area contributed by atoms with Gasteiger partial charge in [0.15, 0.2) is 0 Å². The molecule has 98 valence electrons. The van der Waals surface area contributed by atoms with Gasteiger partial charge >= 0.3 is 0 Å². The molecule has 0 radical (unpaired) electrons. The number of nitrogens with one attached hydrogen (secondary N) is 1. The molecule has 1 N–H and O–H groups in total. The summed E-state index contributed by atoms with van der Waals surface area (Å²) in [6, 6.07) is 1.79. The quantitative estimate of drug-likeness (QED) is 0.818. The van der Waals surface area contributed by atoms with Crippen LogP contribution in [0.15, 0.2) is 18.5 Å². The smallest absolute Gasteiger partial charge is 0.225 e. The van der Waals surface area contributed by atoms with Crippen molar-refractivity contribution in [2.75, 3.05) is 32.1 Å². The highest BCUT2D eigenvalue weighted by molar-refractivity contribution is 5.76. The van der Waals surface area contributed by atoms with Crippen LogP contribution in [-0.2, 0) is 9.53 Å². The number of carbonyl (C=O) groups is 1. The second-order valence-corrected chi connectivity index (χ2v) is 4.37. The lowest BCUT2D eigenvalue weighted by Gasteiger charge is -2.14. The van der Waals surface area contributed by atoms with E-state index in [-0.39, 0.29) is 17.9 Å². The summed E-state index contributed by atoms with van der Waals surface area (Å²) in [4.78, 5) is 22.0. The van der Waals surface area contributed by atoms with E-state index in [2.05, 4.69) is 20.2 Å². The van der Waals surface area contributed by atoms with Gasteiger partial charge in [0, 0.05) is 52.0 Å². The first-order valence-corrected chi connectivity index (χ1v) is 6.00. The van der Waals surface area contributed by atoms with E-state index >= 15 is 0 Å². The molecule has 2 rings (SSSR count). The van der Waals surface area contributed by atoms with Crippen LogP contribution < -0.4 is 10.2 Å². The summed E-state index contributed by atoms with van der Waals surface area (Å²) in [5.74, 6) is 0.913. The molecule has 6 heteroatoms. The average Bonchev–Trinajstić information content (AvgIpc) is 2.82. The zero-order valence-corrected chi connectivity index (χ0v) is 10.7. The van der Waals surface area contributed by atoms with Gasteiger partial charge in [0.25, 0.3) is 0 Å². The Bertz CT molecular complexity index is 398. The summed E-state index contributed by atoms with van der Waals surface area (Å²) in [6.07, 6.45) is 3.95. The Morgan fingerprint density at radius 3 is 2.83 bits per heavy atom. The van der Waals surface area contributed by atoms with Crippen molar-refractivity contribution in [3.63, 3.8) is 0 Å². The first kappa shape index (κ1) is 12.8. The molecule has 1 amide bonds. The van der Waals surface area contributed by atoms with Crippen LogP contribution in [0.3, 0.4) is 0 Å². The van der Waals surface area contributed by atoms with Gasteiger partial charge in [-0.15, -0.1) is 0 Å². The average molecular weight is 250 g/mol. The second kappa shape index (κ2) is 5.77. The highest BCUT2D eigenvalue weighted by atomic mass is 16.5. The summed E-state index contributed by atoms with van der Waals surface area (Å²) in [7, 11) is 3.33. The number of amides is 1. The summed E-state index contributed by atoms with van der Waals surface area (Å²) in [5.41, 5.74) is 0. The highest BCUT2D eigenvalue weighted by Crippen LogP contribution is 2.25. The molecule has 1 aliphatic rings. The lowest BCUT2D eigenvalue weighted by molar-refractivity contribution is -0.122. The molecule has 1 aromatic heterocycles. The molecular weight excluding hydrogens is 232 g/mol. The van der Waals surface area contributed by atoms with E-state index < -0.39 is 0 Å². The summed E-state index contributed by atoms with van der Waals surface area (Å²) < 4.78 is 5.44. The van der Waals surface area contributed by atoms with Crippen molar-refractivity contribution in [2.24, 2.45) is 5.92 Å². The molecule has 0 spiro atoms. The van der Waals surface area contributed by atoms with Crippen molar-refractivity contribution in [3.05, 3.63) is 18.5 Å². The van der Waals surface area contributed by atoms with E-state index in [1.54, 1.807) is 32.6 Å². The van der Waals surface area contributed by atoms with E-state index in [9.17, 15) is 4.79 Å². The molecule has 1 saturated heterocycles. The highest BCUT2D eigenvalue weighted by Gasteiger charge is 2.35. The van der Waals surface area contributed by atoms with Crippen LogP contribution in [0, 0.1) is 5.92 Å². The maximum Gasteiger partial charge on any atom is 0.225 e. The van der Waals surface area contributed by atoms with Crippen LogP contribution in [0.1, 0.15) is 6.42 Å². The second-order valence-electron chi connectivity index (χ2n) is 4.37. The molecule has 0 unspecified atom stereocenters. The van der Waals surface area contributed by atoms with Crippen molar-refractivity contribution in [2.45, 2.75) is 12.5 Å². The van der Waals surface area contributed by atoms with Gasteiger partial charge in [0.2, 0.25) is 11.9 Å². The molecule has 0 bridgehead atoms. The zero-order chi connectivity index (χ0) is 13.0. The predicted molar refractivity (Wildman–Crippen MR) is 67.2 cm³/mol. The van der Waals surface area contributed by atoms with Gasteiger partial charge < -0.3 is 15.0 Å². The number of nitrogens with zero attached hydrogens (tertiary/aromatic N) is 3. The molecular formula is C12H18N4O2. The Morgan fingerprint density at radius 2 is 2.22 bits per heavy atom. The van der Waals surface area contributed by atoms with Crippen LogP contribution in [0.4, 0.5) is 5.95 Å². The fraction of sp³-hybridized carbons (Fsp3) is 0.583. The van der Waals surface area contributed by atoms with Gasteiger partial charge in [-0.2, -0.15) is 0 Å². The van der Waals surface area contributed by atoms with E-state index in [4.69, 9.17) is 4.74 Å². The minimum atomic E-state index is 0.0397. The standard InChI is InChI=1S/C12H18N4O2/c1-13-11(17)6-9-7-16(8-10(9)18-2)12-14-4-3-5-15-12/h3-5,9-10H,6-8H2,1-2H3,(H,13,17)/t9-,10-/m0/s1. The van der Waals surface area contributed by atoms with Crippen LogP contribution in [0.2, 0.25) is 0 Å². The summed E-state index contributed by atoms with van der Waals surface area (Å²) in [6.45, 7) is 1.47. The van der Waals surface area contributed by atoms with Crippen LogP contribution in [0.5, 0.6) is 0 Å². The number of carbonyl (C=O) groups excluding carboxylic acids is 1. The third-order valence-corrected chi connectivity index (χ3v) is 3.25. The largest absolute Gasteiger partial charge is 0.379 e. The SMILES string of the molecule is CNC(=O)C[C@H]1CN(c2ncccn2)C[C@@H]1OC. The molecule has 1 aromatic rings. The van der Waals surface area contributed by atoms with Crippen molar-refractivity contribution >= 4 is 11.9 Å². The Labute approximate surface area is 106 Å². The fourth-order valence-corrected chi connectivity index (χ4v) is 2.26. The van der Waals surface area contributed by atoms with Crippen molar-refractivity contribution in [1.82, 2.24) is 15.3 Å². The van der Waals surface area contributed by atoms with Gasteiger partial charge in [-0.05, 0) is 6.07 Å². The molecule has 1 aliphatic heterocycles. The normalized spacial score (nSPS) is 23.1. The summed E-state index contributed by atoms with van der Waals surface area (Å²) >= 11 is 0. The molecule has 2 atom stereocenters. The number of methoxy groups -OCH3 is 1. The molecule has 18 heavy (non-hydrogen) atoms. The summed E-state index contributed by atoms with van der Waals surface area (Å²) in [5, 5.41) is 2.65. The lowest BCUT2D eigenvalue weighted by Crippen LogP contribution is -2.28. The van der Waals surface area contributed by atoms with Gasteiger partial charge in [0.1, 0.15) is 0 Å². The maximum absolute atomic E-state index is 11.5. The number of hydrogen-bond acceptors (Lipinski definition) is 5. The first-order chi connectivity index (χ1) is 8.74. The van der Waals surface area contributed by atoms with Crippen molar-refractivity contribution in [3.8, 4) is 0 Å². The van der Waals surface area contributed by atoms with E-state index in [0.29, 0.717) is 12.4 Å². The fourth-order valence-electron chi connectivity index (χ4n) is 2.26. The van der Waals surface area contributed by atoms with E-state index in [1.165, 1.54) is 0 Å². The Balaban J connectivity index is 2.04. The lowest BCUT2D eigenvalue weighted by atomic mass is 10.0. The van der Waals surface area contributed by atoms with E-state index in [0.717, 1.165) is 13.1 Å². The van der Waals surface area contributed by atoms with Crippen molar-refractivity contribution in [1.29, 1.82) is 0 Å². The number of hydrogen-bond donors (Lipinski definition) is 1. The van der Waals surface area contributed by atoms with Crippen LogP contribution in [0.25, 0.3) is 0 Å². The molecule has 6 nitrogen and oxygen atoms in total. The number of anilines is 1. The minimum absolute atomic E-state index is 0.0397. The Kier molecular flexibility index (Phi) is 4.09. The minimum Gasteiger partial charge on any atom is -0.379 e. The number of ether oxygens (including phenoxy) is 1. The van der Waals surface area contributed by atoms with Crippen molar-refractivity contribution < 1.29 is 9.53 Å². The van der Waals surface area contributed by atoms with Gasteiger partial charge in [-0.1, -0.05) is 0 Å². The van der Waals surface area contributed by atoms with Crippen LogP contribution in [-0.4, -0.2) is 49.2 Å². The predicted octanol–water partition coefficient (Wildman–Crippen LogP) is 0.0639. The van der Waals surface area contributed by atoms with Gasteiger partial charge in [-0.3, -0.25) is 4.79 Å². The number of aromatic nitrogens is 2. The molecule has 0 aromatic carbocycles.